The summed E-state index contributed by atoms with van der Waals surface area (Å²) in [5.41, 5.74) is 1.93. The average molecular weight is 381 g/mol. The van der Waals surface area contributed by atoms with Crippen LogP contribution in [0.3, 0.4) is 0 Å². The molecule has 0 bridgehead atoms. The smallest absolute Gasteiger partial charge is 0.336 e. The van der Waals surface area contributed by atoms with Crippen molar-refractivity contribution in [1.82, 2.24) is 0 Å². The zero-order valence-corrected chi connectivity index (χ0v) is 14.9. The number of fused-ring (bicyclic) bond motifs is 1. The summed E-state index contributed by atoms with van der Waals surface area (Å²) < 4.78 is 24.9. The van der Waals surface area contributed by atoms with E-state index in [1.54, 1.807) is 18.2 Å². The average Bonchev–Trinajstić information content (AvgIpc) is 2.67. The van der Waals surface area contributed by atoms with Crippen molar-refractivity contribution in [2.24, 2.45) is 0 Å². The maximum atomic E-state index is 13.9. The number of hydrogen-bond acceptors (Lipinski definition) is 3. The fraction of sp³-hybridized carbons (Fsp3) is 0.0455. The Morgan fingerprint density at radius 2 is 1.78 bits per heavy atom. The lowest BCUT2D eigenvalue weighted by atomic mass is 10.0. The topological polar surface area (TPSA) is 39.4 Å². The van der Waals surface area contributed by atoms with Crippen molar-refractivity contribution in [3.05, 3.63) is 99.6 Å². The first-order valence-corrected chi connectivity index (χ1v) is 8.68. The highest BCUT2D eigenvalue weighted by atomic mass is 35.5. The molecule has 0 amide bonds. The van der Waals surface area contributed by atoms with Crippen LogP contribution in [0.4, 0.5) is 4.39 Å². The minimum atomic E-state index is -0.448. The summed E-state index contributed by atoms with van der Waals surface area (Å²) in [6, 6.07) is 20.7. The van der Waals surface area contributed by atoms with Crippen LogP contribution in [0.5, 0.6) is 5.75 Å². The van der Waals surface area contributed by atoms with E-state index in [-0.39, 0.29) is 12.2 Å². The SMILES string of the molecule is O=c1cc(-c2ccccc2)c2ccc(OCc3c(F)cccc3Cl)cc2o1. The quantitative estimate of drug-likeness (QED) is 0.418. The molecule has 0 spiro atoms. The molecule has 0 unspecified atom stereocenters. The molecule has 134 valence electrons. The van der Waals surface area contributed by atoms with E-state index in [1.165, 1.54) is 18.2 Å². The molecule has 27 heavy (non-hydrogen) atoms. The van der Waals surface area contributed by atoms with Crippen molar-refractivity contribution in [3.8, 4) is 16.9 Å². The molecule has 1 aromatic heterocycles. The zero-order valence-electron chi connectivity index (χ0n) is 14.1. The zero-order chi connectivity index (χ0) is 18.8. The normalized spacial score (nSPS) is 10.9. The Labute approximate surface area is 159 Å². The summed E-state index contributed by atoms with van der Waals surface area (Å²) in [5, 5.41) is 1.09. The molecule has 1 heterocycles. The van der Waals surface area contributed by atoms with Crippen LogP contribution in [-0.2, 0) is 6.61 Å². The largest absolute Gasteiger partial charge is 0.489 e. The number of benzene rings is 3. The molecule has 0 aliphatic carbocycles. The number of hydrogen-bond donors (Lipinski definition) is 0. The Bertz CT molecular complexity index is 1150. The predicted octanol–water partition coefficient (Wildman–Crippen LogP) is 5.83. The van der Waals surface area contributed by atoms with Gasteiger partial charge in [0.1, 0.15) is 23.8 Å². The van der Waals surface area contributed by atoms with Gasteiger partial charge in [0.15, 0.2) is 0 Å². The van der Waals surface area contributed by atoms with Gasteiger partial charge in [0.25, 0.3) is 0 Å². The van der Waals surface area contributed by atoms with Gasteiger partial charge < -0.3 is 9.15 Å². The molecule has 0 fully saturated rings. The van der Waals surface area contributed by atoms with Crippen LogP contribution >= 0.6 is 11.6 Å². The summed E-state index contributed by atoms with van der Waals surface area (Å²) in [4.78, 5) is 12.0. The fourth-order valence-corrected chi connectivity index (χ4v) is 3.13. The third kappa shape index (κ3) is 3.57. The van der Waals surface area contributed by atoms with E-state index in [4.69, 9.17) is 20.8 Å². The van der Waals surface area contributed by atoms with E-state index >= 15 is 0 Å². The summed E-state index contributed by atoms with van der Waals surface area (Å²) in [7, 11) is 0. The molecule has 4 rings (SSSR count). The highest BCUT2D eigenvalue weighted by Gasteiger charge is 2.11. The highest BCUT2D eigenvalue weighted by Crippen LogP contribution is 2.30. The van der Waals surface area contributed by atoms with E-state index in [1.807, 2.05) is 36.4 Å². The van der Waals surface area contributed by atoms with Crippen molar-refractivity contribution >= 4 is 22.6 Å². The van der Waals surface area contributed by atoms with Gasteiger partial charge in [0, 0.05) is 23.1 Å². The number of ether oxygens (including phenoxy) is 1. The minimum Gasteiger partial charge on any atom is -0.489 e. The molecule has 3 nitrogen and oxygen atoms in total. The van der Waals surface area contributed by atoms with Gasteiger partial charge in [-0.05, 0) is 35.4 Å². The molecule has 5 heteroatoms. The molecule has 0 saturated carbocycles. The van der Waals surface area contributed by atoms with Crippen molar-refractivity contribution in [1.29, 1.82) is 0 Å². The summed E-state index contributed by atoms with van der Waals surface area (Å²) in [6.07, 6.45) is 0. The van der Waals surface area contributed by atoms with Gasteiger partial charge in [-0.1, -0.05) is 48.0 Å². The van der Waals surface area contributed by atoms with Crippen molar-refractivity contribution < 1.29 is 13.5 Å². The molecule has 0 radical (unpaired) electrons. The van der Waals surface area contributed by atoms with Crippen LogP contribution in [0, 0.1) is 5.82 Å². The fourth-order valence-electron chi connectivity index (χ4n) is 2.92. The lowest BCUT2D eigenvalue weighted by Gasteiger charge is -2.10. The first kappa shape index (κ1) is 17.3. The van der Waals surface area contributed by atoms with E-state index in [0.29, 0.717) is 16.4 Å². The molecule has 3 aromatic carbocycles. The Kier molecular flexibility index (Phi) is 4.65. The summed E-state index contributed by atoms with van der Waals surface area (Å²) >= 11 is 6.02. The van der Waals surface area contributed by atoms with E-state index in [9.17, 15) is 9.18 Å². The van der Waals surface area contributed by atoms with Crippen molar-refractivity contribution in [2.45, 2.75) is 6.61 Å². The van der Waals surface area contributed by atoms with E-state index < -0.39 is 11.4 Å². The maximum Gasteiger partial charge on any atom is 0.336 e. The molecular formula is C22H14ClFO3. The Morgan fingerprint density at radius 3 is 2.56 bits per heavy atom. The Morgan fingerprint density at radius 1 is 0.963 bits per heavy atom. The van der Waals surface area contributed by atoms with Gasteiger partial charge in [-0.25, -0.2) is 9.18 Å². The molecule has 0 saturated heterocycles. The maximum absolute atomic E-state index is 13.9. The molecule has 0 N–H and O–H groups in total. The van der Waals surface area contributed by atoms with Gasteiger partial charge in [-0.15, -0.1) is 0 Å². The molecular weight excluding hydrogens is 367 g/mol. The molecule has 0 aliphatic rings. The number of halogens is 2. The van der Waals surface area contributed by atoms with Crippen LogP contribution in [0.1, 0.15) is 5.56 Å². The predicted molar refractivity (Wildman–Crippen MR) is 104 cm³/mol. The second kappa shape index (κ2) is 7.25. The van der Waals surface area contributed by atoms with Crippen molar-refractivity contribution in [2.75, 3.05) is 0 Å². The lowest BCUT2D eigenvalue weighted by Crippen LogP contribution is -2.01. The van der Waals surface area contributed by atoms with Crippen LogP contribution in [0.15, 0.2) is 82.0 Å². The van der Waals surface area contributed by atoms with Crippen LogP contribution in [0.25, 0.3) is 22.1 Å². The number of rotatable bonds is 4. The standard InChI is InChI=1S/C22H14ClFO3/c23-19-7-4-8-20(24)18(19)13-26-15-9-10-16-17(14-5-2-1-3-6-14)12-22(25)27-21(16)11-15/h1-12H,13H2. The Hall–Kier alpha value is -3.11. The van der Waals surface area contributed by atoms with Crippen LogP contribution < -0.4 is 10.4 Å². The first-order chi connectivity index (χ1) is 13.1. The monoisotopic (exact) mass is 380 g/mol. The van der Waals surface area contributed by atoms with Gasteiger partial charge >= 0.3 is 5.63 Å². The van der Waals surface area contributed by atoms with Crippen molar-refractivity contribution in [3.63, 3.8) is 0 Å². The molecule has 0 atom stereocenters. The first-order valence-electron chi connectivity index (χ1n) is 8.31. The second-order valence-corrected chi connectivity index (χ2v) is 6.40. The Balaban J connectivity index is 1.70. The van der Waals surface area contributed by atoms with Gasteiger partial charge in [0.05, 0.1) is 5.02 Å². The summed E-state index contributed by atoms with van der Waals surface area (Å²) in [5.74, 6) is 0.0244. The summed E-state index contributed by atoms with van der Waals surface area (Å²) in [6.45, 7) is -0.0282. The van der Waals surface area contributed by atoms with Gasteiger partial charge in [0.2, 0.25) is 0 Å². The lowest BCUT2D eigenvalue weighted by molar-refractivity contribution is 0.300. The van der Waals surface area contributed by atoms with Crippen LogP contribution in [-0.4, -0.2) is 0 Å². The second-order valence-electron chi connectivity index (χ2n) is 5.99. The van der Waals surface area contributed by atoms with E-state index in [2.05, 4.69) is 0 Å². The molecule has 4 aromatic rings. The third-order valence-corrected chi connectivity index (χ3v) is 4.60. The van der Waals surface area contributed by atoms with Gasteiger partial charge in [-0.2, -0.15) is 0 Å². The molecule has 0 aliphatic heterocycles. The van der Waals surface area contributed by atoms with Crippen LogP contribution in [0.2, 0.25) is 5.02 Å². The van der Waals surface area contributed by atoms with E-state index in [0.717, 1.165) is 16.5 Å². The third-order valence-electron chi connectivity index (χ3n) is 4.25. The van der Waals surface area contributed by atoms with Gasteiger partial charge in [-0.3, -0.25) is 0 Å². The highest BCUT2D eigenvalue weighted by molar-refractivity contribution is 6.31. The minimum absolute atomic E-state index is 0.0282.